The Morgan fingerprint density at radius 3 is 2.93 bits per heavy atom. The number of hydrogen-bond acceptors (Lipinski definition) is 4. The van der Waals surface area contributed by atoms with Crippen LogP contribution in [0, 0.1) is 0 Å². The molecular weight excluding hydrogens is 258 g/mol. The summed E-state index contributed by atoms with van der Waals surface area (Å²) in [5.41, 5.74) is 6.25. The zero-order valence-corrected chi connectivity index (χ0v) is 10.5. The summed E-state index contributed by atoms with van der Waals surface area (Å²) >= 11 is 3.41. The summed E-state index contributed by atoms with van der Waals surface area (Å²) in [6.07, 6.45) is 2.61. The van der Waals surface area contributed by atoms with Gasteiger partial charge in [-0.2, -0.15) is 0 Å². The smallest absolute Gasteiger partial charge is 0.140 e. The molecule has 1 aromatic rings. The highest BCUT2D eigenvalue weighted by Crippen LogP contribution is 2.22. The van der Waals surface area contributed by atoms with Crippen LogP contribution < -0.4 is 11.1 Å². The van der Waals surface area contributed by atoms with Gasteiger partial charge in [-0.1, -0.05) is 6.92 Å². The number of methoxy groups -OCH3 is 1. The summed E-state index contributed by atoms with van der Waals surface area (Å²) < 4.78 is 5.97. The first-order valence-corrected chi connectivity index (χ1v) is 5.63. The third-order valence-electron chi connectivity index (χ3n) is 2.06. The lowest BCUT2D eigenvalue weighted by Crippen LogP contribution is -2.24. The van der Waals surface area contributed by atoms with E-state index in [1.807, 2.05) is 6.07 Å². The van der Waals surface area contributed by atoms with Gasteiger partial charge < -0.3 is 15.8 Å². The monoisotopic (exact) mass is 273 g/mol. The number of aromatic nitrogens is 1. The van der Waals surface area contributed by atoms with Crippen molar-refractivity contribution in [3.05, 3.63) is 16.7 Å². The van der Waals surface area contributed by atoms with E-state index in [2.05, 4.69) is 33.2 Å². The van der Waals surface area contributed by atoms with E-state index in [9.17, 15) is 0 Å². The van der Waals surface area contributed by atoms with Crippen molar-refractivity contribution in [1.82, 2.24) is 4.98 Å². The third-order valence-corrected chi connectivity index (χ3v) is 2.67. The molecule has 0 fully saturated rings. The van der Waals surface area contributed by atoms with Crippen molar-refractivity contribution in [2.24, 2.45) is 0 Å². The summed E-state index contributed by atoms with van der Waals surface area (Å²) in [4.78, 5) is 4.21. The fourth-order valence-electron chi connectivity index (χ4n) is 1.22. The van der Waals surface area contributed by atoms with Crippen molar-refractivity contribution >= 4 is 27.4 Å². The molecule has 15 heavy (non-hydrogen) atoms. The molecule has 0 spiro atoms. The Balaban J connectivity index is 2.70. The zero-order chi connectivity index (χ0) is 11.3. The number of pyridine rings is 1. The fraction of sp³-hybridized carbons (Fsp3) is 0.500. The molecule has 3 N–H and O–H groups in total. The Labute approximate surface area is 98.3 Å². The number of nitrogens with two attached hydrogens (primary N) is 1. The molecule has 1 atom stereocenters. The molecule has 5 heteroatoms. The zero-order valence-electron chi connectivity index (χ0n) is 8.96. The molecule has 0 aromatic carbocycles. The molecule has 1 rings (SSSR count). The number of rotatable bonds is 5. The molecule has 0 radical (unpaired) electrons. The predicted octanol–water partition coefficient (Wildman–Crippen LogP) is 2.26. The van der Waals surface area contributed by atoms with Crippen LogP contribution in [0.2, 0.25) is 0 Å². The molecule has 1 aromatic heterocycles. The molecule has 1 heterocycles. The van der Waals surface area contributed by atoms with Crippen LogP contribution in [0.3, 0.4) is 0 Å². The number of nitrogens with one attached hydrogen (secondary N) is 1. The molecule has 4 nitrogen and oxygen atoms in total. The van der Waals surface area contributed by atoms with Gasteiger partial charge in [0, 0.05) is 7.11 Å². The van der Waals surface area contributed by atoms with Crippen molar-refractivity contribution in [1.29, 1.82) is 0 Å². The van der Waals surface area contributed by atoms with Crippen molar-refractivity contribution in [2.75, 3.05) is 24.8 Å². The molecule has 0 aliphatic heterocycles. The molecule has 0 aliphatic carbocycles. The molecule has 1 unspecified atom stereocenters. The summed E-state index contributed by atoms with van der Waals surface area (Å²) in [5, 5.41) is 3.29. The number of nitrogens with zero attached hydrogens (tertiary/aromatic N) is 1. The van der Waals surface area contributed by atoms with E-state index in [0.29, 0.717) is 12.3 Å². The maximum absolute atomic E-state index is 5.60. The Hall–Kier alpha value is -0.810. The van der Waals surface area contributed by atoms with Crippen LogP contribution in [0.5, 0.6) is 0 Å². The molecule has 84 valence electrons. The molecular formula is C10H16BrN3O. The van der Waals surface area contributed by atoms with Gasteiger partial charge in [-0.25, -0.2) is 4.98 Å². The van der Waals surface area contributed by atoms with E-state index in [1.165, 1.54) is 0 Å². The fourth-order valence-corrected chi connectivity index (χ4v) is 1.70. The van der Waals surface area contributed by atoms with E-state index in [4.69, 9.17) is 10.5 Å². The van der Waals surface area contributed by atoms with Crippen LogP contribution >= 0.6 is 15.9 Å². The van der Waals surface area contributed by atoms with Gasteiger partial charge in [0.1, 0.15) is 5.82 Å². The standard InChI is InChI=1S/C10H16BrN3O/c1-3-8(6-15-2)14-10-9(11)4-7(12)5-13-10/h4-5,8H,3,6,12H2,1-2H3,(H,13,14). The Bertz CT molecular complexity index is 320. The second-order valence-electron chi connectivity index (χ2n) is 3.30. The summed E-state index contributed by atoms with van der Waals surface area (Å²) in [5.74, 6) is 0.799. The summed E-state index contributed by atoms with van der Waals surface area (Å²) in [6, 6.07) is 2.09. The first kappa shape index (κ1) is 12.3. The van der Waals surface area contributed by atoms with Crippen molar-refractivity contribution in [3.8, 4) is 0 Å². The number of ether oxygens (including phenoxy) is 1. The van der Waals surface area contributed by atoms with Crippen LogP contribution in [0.15, 0.2) is 16.7 Å². The first-order valence-electron chi connectivity index (χ1n) is 4.83. The van der Waals surface area contributed by atoms with Crippen molar-refractivity contribution < 1.29 is 4.74 Å². The highest BCUT2D eigenvalue weighted by Gasteiger charge is 2.08. The van der Waals surface area contributed by atoms with Gasteiger partial charge in [0.2, 0.25) is 0 Å². The normalized spacial score (nSPS) is 12.5. The Morgan fingerprint density at radius 1 is 1.67 bits per heavy atom. The molecule has 0 saturated heterocycles. The van der Waals surface area contributed by atoms with E-state index >= 15 is 0 Å². The second-order valence-corrected chi connectivity index (χ2v) is 4.16. The highest BCUT2D eigenvalue weighted by atomic mass is 79.9. The number of nitrogen functional groups attached to an aromatic ring is 1. The minimum Gasteiger partial charge on any atom is -0.397 e. The van der Waals surface area contributed by atoms with Gasteiger partial charge in [-0.15, -0.1) is 0 Å². The van der Waals surface area contributed by atoms with Gasteiger partial charge in [0.05, 0.1) is 29.0 Å². The van der Waals surface area contributed by atoms with Crippen molar-refractivity contribution in [2.45, 2.75) is 19.4 Å². The number of hydrogen-bond donors (Lipinski definition) is 2. The van der Waals surface area contributed by atoms with Crippen molar-refractivity contribution in [3.63, 3.8) is 0 Å². The largest absolute Gasteiger partial charge is 0.397 e. The van der Waals surface area contributed by atoms with Gasteiger partial charge >= 0.3 is 0 Å². The quantitative estimate of drug-likeness (QED) is 0.864. The molecule has 0 saturated carbocycles. The lowest BCUT2D eigenvalue weighted by atomic mass is 10.2. The highest BCUT2D eigenvalue weighted by molar-refractivity contribution is 9.10. The Morgan fingerprint density at radius 2 is 2.40 bits per heavy atom. The van der Waals surface area contributed by atoms with E-state index in [0.717, 1.165) is 16.7 Å². The van der Waals surface area contributed by atoms with Crippen LogP contribution in [-0.4, -0.2) is 24.7 Å². The van der Waals surface area contributed by atoms with E-state index in [-0.39, 0.29) is 6.04 Å². The van der Waals surface area contributed by atoms with E-state index < -0.39 is 0 Å². The molecule has 0 bridgehead atoms. The second kappa shape index (κ2) is 5.92. The number of halogens is 1. The lowest BCUT2D eigenvalue weighted by Gasteiger charge is -2.17. The first-order chi connectivity index (χ1) is 7.17. The third kappa shape index (κ3) is 3.68. The minimum atomic E-state index is 0.266. The topological polar surface area (TPSA) is 60.2 Å². The van der Waals surface area contributed by atoms with Gasteiger partial charge in [0.25, 0.3) is 0 Å². The number of anilines is 2. The summed E-state index contributed by atoms with van der Waals surface area (Å²) in [6.45, 7) is 2.76. The van der Waals surface area contributed by atoms with Crippen LogP contribution in [0.4, 0.5) is 11.5 Å². The maximum atomic E-state index is 5.60. The van der Waals surface area contributed by atoms with E-state index in [1.54, 1.807) is 13.3 Å². The molecule has 0 aliphatic rings. The average Bonchev–Trinajstić information content (AvgIpc) is 2.21. The lowest BCUT2D eigenvalue weighted by molar-refractivity contribution is 0.184. The van der Waals surface area contributed by atoms with Crippen LogP contribution in [0.1, 0.15) is 13.3 Å². The van der Waals surface area contributed by atoms with Gasteiger partial charge in [0.15, 0.2) is 0 Å². The average molecular weight is 274 g/mol. The van der Waals surface area contributed by atoms with Gasteiger partial charge in [-0.3, -0.25) is 0 Å². The predicted molar refractivity (Wildman–Crippen MR) is 65.9 cm³/mol. The summed E-state index contributed by atoms with van der Waals surface area (Å²) in [7, 11) is 1.69. The molecule has 0 amide bonds. The van der Waals surface area contributed by atoms with Gasteiger partial charge in [-0.05, 0) is 28.4 Å². The van der Waals surface area contributed by atoms with Crippen LogP contribution in [0.25, 0.3) is 0 Å². The van der Waals surface area contributed by atoms with Crippen LogP contribution in [-0.2, 0) is 4.74 Å². The SMILES string of the molecule is CCC(COC)Nc1ncc(N)cc1Br. The Kier molecular flexibility index (Phi) is 4.84. The minimum absolute atomic E-state index is 0.266. The maximum Gasteiger partial charge on any atom is 0.140 e.